The number of thiazole rings is 1. The molecule has 104 valence electrons. The molecule has 1 aromatic heterocycles. The maximum atomic E-state index is 9.76. The van der Waals surface area contributed by atoms with Crippen molar-refractivity contribution in [1.29, 1.82) is 0 Å². The van der Waals surface area contributed by atoms with Crippen molar-refractivity contribution in [3.8, 4) is 0 Å². The summed E-state index contributed by atoms with van der Waals surface area (Å²) in [6, 6.07) is 0.218. The molecule has 2 atom stereocenters. The van der Waals surface area contributed by atoms with E-state index in [0.717, 1.165) is 5.01 Å². The molecule has 0 amide bonds. The maximum absolute atomic E-state index is 9.76. The van der Waals surface area contributed by atoms with Gasteiger partial charge >= 0.3 is 0 Å². The highest BCUT2D eigenvalue weighted by Crippen LogP contribution is 2.19. The molecule has 4 nitrogen and oxygen atoms in total. The molecule has 2 N–H and O–H groups in total. The lowest BCUT2D eigenvalue weighted by molar-refractivity contribution is 0.0252. The van der Waals surface area contributed by atoms with Crippen LogP contribution in [0.25, 0.3) is 0 Å². The molecule has 0 spiro atoms. The zero-order valence-corrected chi connectivity index (χ0v) is 12.5. The molecule has 0 aliphatic carbocycles. The van der Waals surface area contributed by atoms with Crippen LogP contribution in [0.1, 0.15) is 36.7 Å². The van der Waals surface area contributed by atoms with E-state index in [-0.39, 0.29) is 6.04 Å². The fourth-order valence-electron chi connectivity index (χ4n) is 1.49. The summed E-state index contributed by atoms with van der Waals surface area (Å²) in [7, 11) is 0. The van der Waals surface area contributed by atoms with E-state index in [9.17, 15) is 5.11 Å². The molecule has 5 heteroatoms. The van der Waals surface area contributed by atoms with E-state index in [1.54, 1.807) is 11.3 Å². The molecule has 1 rings (SSSR count). The smallest absolute Gasteiger partial charge is 0.0897 e. The van der Waals surface area contributed by atoms with Crippen LogP contribution in [0.5, 0.6) is 0 Å². The van der Waals surface area contributed by atoms with Crippen molar-refractivity contribution in [3.05, 3.63) is 16.1 Å². The van der Waals surface area contributed by atoms with Gasteiger partial charge in [0.25, 0.3) is 0 Å². The van der Waals surface area contributed by atoms with Gasteiger partial charge in [-0.15, -0.1) is 11.3 Å². The summed E-state index contributed by atoms with van der Waals surface area (Å²) in [6.45, 7) is 9.89. The van der Waals surface area contributed by atoms with Crippen LogP contribution in [-0.4, -0.2) is 36.0 Å². The van der Waals surface area contributed by atoms with Gasteiger partial charge in [-0.2, -0.15) is 0 Å². The van der Waals surface area contributed by atoms with Crippen molar-refractivity contribution in [2.75, 3.05) is 19.8 Å². The zero-order chi connectivity index (χ0) is 13.5. The van der Waals surface area contributed by atoms with Crippen molar-refractivity contribution in [2.45, 2.75) is 39.8 Å². The SMILES string of the molecule is Cc1ncc(C(C)NCC(O)COCC(C)C)s1. The average molecular weight is 272 g/mol. The van der Waals surface area contributed by atoms with E-state index in [1.165, 1.54) is 4.88 Å². The molecule has 1 aromatic rings. The Hall–Kier alpha value is -0.490. The average Bonchev–Trinajstić information content (AvgIpc) is 2.72. The third kappa shape index (κ3) is 5.91. The van der Waals surface area contributed by atoms with Gasteiger partial charge < -0.3 is 15.2 Å². The van der Waals surface area contributed by atoms with Crippen LogP contribution in [0.3, 0.4) is 0 Å². The third-order valence-electron chi connectivity index (χ3n) is 2.49. The molecule has 0 aromatic carbocycles. The molecule has 2 unspecified atom stereocenters. The van der Waals surface area contributed by atoms with Crippen LogP contribution in [-0.2, 0) is 4.74 Å². The van der Waals surface area contributed by atoms with Crippen LogP contribution in [0, 0.1) is 12.8 Å². The van der Waals surface area contributed by atoms with Gasteiger partial charge in [0.1, 0.15) is 0 Å². The lowest BCUT2D eigenvalue weighted by Gasteiger charge is -2.16. The van der Waals surface area contributed by atoms with Gasteiger partial charge in [0.15, 0.2) is 0 Å². The van der Waals surface area contributed by atoms with Crippen LogP contribution in [0.4, 0.5) is 0 Å². The Balaban J connectivity index is 2.19. The molecule has 0 fully saturated rings. The number of aromatic nitrogens is 1. The first kappa shape index (κ1) is 15.6. The van der Waals surface area contributed by atoms with Crippen LogP contribution in [0.15, 0.2) is 6.20 Å². The number of nitrogens with zero attached hydrogens (tertiary/aromatic N) is 1. The highest BCUT2D eigenvalue weighted by atomic mass is 32.1. The van der Waals surface area contributed by atoms with E-state index in [1.807, 2.05) is 13.1 Å². The summed E-state index contributed by atoms with van der Waals surface area (Å²) in [5.74, 6) is 0.504. The van der Waals surface area contributed by atoms with Crippen molar-refractivity contribution in [2.24, 2.45) is 5.92 Å². The molecule has 0 aliphatic rings. The number of ether oxygens (including phenoxy) is 1. The quantitative estimate of drug-likeness (QED) is 0.761. The molecule has 18 heavy (non-hydrogen) atoms. The van der Waals surface area contributed by atoms with Gasteiger partial charge in [0, 0.05) is 30.3 Å². The van der Waals surface area contributed by atoms with E-state index >= 15 is 0 Å². The first-order valence-electron chi connectivity index (χ1n) is 6.40. The van der Waals surface area contributed by atoms with E-state index < -0.39 is 6.10 Å². The van der Waals surface area contributed by atoms with Gasteiger partial charge in [-0.1, -0.05) is 13.8 Å². The Morgan fingerprint density at radius 2 is 2.11 bits per heavy atom. The normalized spacial score (nSPS) is 15.0. The topological polar surface area (TPSA) is 54.4 Å². The number of aliphatic hydroxyl groups excluding tert-OH is 1. The molecule has 0 bridgehead atoms. The third-order valence-corrected chi connectivity index (χ3v) is 3.58. The zero-order valence-electron chi connectivity index (χ0n) is 11.6. The standard InChI is InChI=1S/C13H24N2O2S/c1-9(2)7-17-8-12(16)5-14-10(3)13-6-15-11(4)18-13/h6,9-10,12,14,16H,5,7-8H2,1-4H3. The number of rotatable bonds is 8. The largest absolute Gasteiger partial charge is 0.389 e. The summed E-state index contributed by atoms with van der Waals surface area (Å²) < 4.78 is 5.40. The summed E-state index contributed by atoms with van der Waals surface area (Å²) in [5, 5.41) is 14.1. The highest BCUT2D eigenvalue weighted by molar-refractivity contribution is 7.11. The minimum absolute atomic E-state index is 0.218. The molecule has 0 saturated carbocycles. The Morgan fingerprint density at radius 3 is 2.67 bits per heavy atom. The predicted octanol–water partition coefficient (Wildman–Crippen LogP) is 2.14. The van der Waals surface area contributed by atoms with Crippen molar-refractivity contribution in [3.63, 3.8) is 0 Å². The van der Waals surface area contributed by atoms with Gasteiger partial charge in [0.05, 0.1) is 17.7 Å². The Labute approximate surface area is 113 Å². The molecule has 0 radical (unpaired) electrons. The second-order valence-electron chi connectivity index (χ2n) is 5.00. The second-order valence-corrected chi connectivity index (χ2v) is 6.26. The minimum atomic E-state index is -0.458. The maximum Gasteiger partial charge on any atom is 0.0897 e. The predicted molar refractivity (Wildman–Crippen MR) is 74.9 cm³/mol. The van der Waals surface area contributed by atoms with E-state index in [4.69, 9.17) is 4.74 Å². The Bertz CT molecular complexity index is 341. The molecular weight excluding hydrogens is 248 g/mol. The van der Waals surface area contributed by atoms with Crippen molar-refractivity contribution >= 4 is 11.3 Å². The minimum Gasteiger partial charge on any atom is -0.389 e. The number of aliphatic hydroxyl groups is 1. The Morgan fingerprint density at radius 1 is 1.39 bits per heavy atom. The van der Waals surface area contributed by atoms with Gasteiger partial charge in [-0.25, -0.2) is 4.98 Å². The van der Waals surface area contributed by atoms with Crippen LogP contribution in [0.2, 0.25) is 0 Å². The monoisotopic (exact) mass is 272 g/mol. The van der Waals surface area contributed by atoms with Gasteiger partial charge in [-0.05, 0) is 19.8 Å². The molecule has 0 aliphatic heterocycles. The molecular formula is C13H24N2O2S. The summed E-state index contributed by atoms with van der Waals surface area (Å²) in [4.78, 5) is 5.42. The second kappa shape index (κ2) is 7.84. The number of nitrogens with one attached hydrogen (secondary N) is 1. The number of hydrogen-bond donors (Lipinski definition) is 2. The fourth-order valence-corrected chi connectivity index (χ4v) is 2.30. The van der Waals surface area contributed by atoms with Gasteiger partial charge in [-0.3, -0.25) is 0 Å². The van der Waals surface area contributed by atoms with E-state index in [0.29, 0.717) is 25.7 Å². The molecule has 1 heterocycles. The lowest BCUT2D eigenvalue weighted by atomic mass is 10.2. The summed E-state index contributed by atoms with van der Waals surface area (Å²) in [5.41, 5.74) is 0. The van der Waals surface area contributed by atoms with Crippen molar-refractivity contribution < 1.29 is 9.84 Å². The summed E-state index contributed by atoms with van der Waals surface area (Å²) in [6.07, 6.45) is 1.43. The number of aryl methyl sites for hydroxylation is 1. The lowest BCUT2D eigenvalue weighted by Crippen LogP contribution is -2.32. The fraction of sp³-hybridized carbons (Fsp3) is 0.769. The first-order chi connectivity index (χ1) is 8.49. The van der Waals surface area contributed by atoms with Crippen LogP contribution >= 0.6 is 11.3 Å². The molecule has 0 saturated heterocycles. The van der Waals surface area contributed by atoms with Crippen molar-refractivity contribution in [1.82, 2.24) is 10.3 Å². The number of hydrogen-bond acceptors (Lipinski definition) is 5. The Kier molecular flexibility index (Phi) is 6.78. The van der Waals surface area contributed by atoms with Crippen LogP contribution < -0.4 is 5.32 Å². The highest BCUT2D eigenvalue weighted by Gasteiger charge is 2.11. The first-order valence-corrected chi connectivity index (χ1v) is 7.22. The van der Waals surface area contributed by atoms with E-state index in [2.05, 4.69) is 31.1 Å². The van der Waals surface area contributed by atoms with Gasteiger partial charge in [0.2, 0.25) is 0 Å². The summed E-state index contributed by atoms with van der Waals surface area (Å²) >= 11 is 1.68.